The van der Waals surface area contributed by atoms with E-state index in [4.69, 9.17) is 4.74 Å². The number of likely N-dealkylation sites (N-methyl/N-ethyl adjacent to an activating group) is 1. The molecular formula is C20H23N7O5. The second-order valence-electron chi connectivity index (χ2n) is 7.39. The SMILES string of the molecule is C=CCOCC(O)CN1C(N=Nc2c(O)[nH]c3ccccc23)=NC2C1C(=O)NC(=O)N2C. The average Bonchev–Trinajstić information content (AvgIpc) is 3.28. The predicted octanol–water partition coefficient (Wildman–Crippen LogP) is 1.07. The van der Waals surface area contributed by atoms with Gasteiger partial charge in [-0.2, -0.15) is 0 Å². The van der Waals surface area contributed by atoms with Gasteiger partial charge in [-0.3, -0.25) is 10.1 Å². The summed E-state index contributed by atoms with van der Waals surface area (Å²) in [4.78, 5) is 34.6. The number of nitrogens with zero attached hydrogens (tertiary/aromatic N) is 5. The molecule has 0 spiro atoms. The molecule has 3 atom stereocenters. The number of aromatic hydroxyl groups is 1. The van der Waals surface area contributed by atoms with Gasteiger partial charge in [0, 0.05) is 12.4 Å². The van der Waals surface area contributed by atoms with E-state index in [0.717, 1.165) is 0 Å². The maximum Gasteiger partial charge on any atom is 0.325 e. The van der Waals surface area contributed by atoms with Crippen LogP contribution in [-0.2, 0) is 9.53 Å². The maximum atomic E-state index is 12.6. The van der Waals surface area contributed by atoms with Gasteiger partial charge in [0.05, 0.1) is 31.4 Å². The highest BCUT2D eigenvalue weighted by atomic mass is 16.5. The summed E-state index contributed by atoms with van der Waals surface area (Å²) in [5, 5.41) is 31.8. The van der Waals surface area contributed by atoms with E-state index < -0.39 is 30.2 Å². The summed E-state index contributed by atoms with van der Waals surface area (Å²) < 4.78 is 5.28. The molecule has 4 N–H and O–H groups in total. The van der Waals surface area contributed by atoms with Gasteiger partial charge in [0.1, 0.15) is 0 Å². The molecule has 1 fully saturated rings. The van der Waals surface area contributed by atoms with Crippen LogP contribution in [0, 0.1) is 0 Å². The number of fused-ring (bicyclic) bond motifs is 2. The number of hydrogen-bond donors (Lipinski definition) is 4. The number of hydrogen-bond acceptors (Lipinski definition) is 9. The number of aliphatic hydroxyl groups is 1. The van der Waals surface area contributed by atoms with E-state index in [-0.39, 0.29) is 37.3 Å². The summed E-state index contributed by atoms with van der Waals surface area (Å²) in [6.45, 7) is 3.79. The molecule has 3 unspecified atom stereocenters. The molecule has 2 aromatic rings. The van der Waals surface area contributed by atoms with Gasteiger partial charge >= 0.3 is 6.03 Å². The molecule has 0 radical (unpaired) electrons. The number of benzene rings is 1. The fourth-order valence-electron chi connectivity index (χ4n) is 3.67. The van der Waals surface area contributed by atoms with Gasteiger partial charge in [-0.15, -0.1) is 16.8 Å². The fraction of sp³-hybridized carbons (Fsp3) is 0.350. The number of carbonyl (C=O) groups is 2. The summed E-state index contributed by atoms with van der Waals surface area (Å²) in [5.74, 6) is -0.675. The number of aromatic amines is 1. The Kier molecular flexibility index (Phi) is 5.88. The van der Waals surface area contributed by atoms with Crippen LogP contribution in [0.1, 0.15) is 0 Å². The number of β-amino-alcohol motifs (C(OH)–C–C–N with tert-alkyl or cyclic N) is 1. The number of rotatable bonds is 7. The Morgan fingerprint density at radius 2 is 2.12 bits per heavy atom. The number of amides is 3. The first-order valence-electron chi connectivity index (χ1n) is 9.91. The van der Waals surface area contributed by atoms with Gasteiger partial charge in [0.2, 0.25) is 11.8 Å². The van der Waals surface area contributed by atoms with E-state index in [9.17, 15) is 19.8 Å². The molecule has 0 saturated carbocycles. The Balaban J connectivity index is 1.64. The lowest BCUT2D eigenvalue weighted by Gasteiger charge is -2.36. The standard InChI is InChI=1S/C20H23N7O5/c1-3-8-32-10-11(28)9-27-15-16(26(2)20(31)23-18(15)30)22-19(27)25-24-14-12-6-4-5-7-13(12)21-17(14)29/h3-7,11,15-16,21,28-29H,1,8-10H2,2H3,(H,23,30,31). The number of aliphatic hydroxyl groups excluding tert-OH is 1. The van der Waals surface area contributed by atoms with E-state index in [0.29, 0.717) is 10.9 Å². The van der Waals surface area contributed by atoms with Crippen molar-refractivity contribution in [1.82, 2.24) is 20.1 Å². The molecule has 1 saturated heterocycles. The van der Waals surface area contributed by atoms with E-state index in [1.807, 2.05) is 6.07 Å². The van der Waals surface area contributed by atoms with Crippen LogP contribution in [0.25, 0.3) is 10.9 Å². The van der Waals surface area contributed by atoms with Crippen molar-refractivity contribution in [1.29, 1.82) is 0 Å². The van der Waals surface area contributed by atoms with Gasteiger partial charge < -0.3 is 29.7 Å². The number of azo groups is 1. The van der Waals surface area contributed by atoms with Crippen molar-refractivity contribution < 1.29 is 24.5 Å². The number of carbonyl (C=O) groups excluding carboxylic acids is 2. The molecule has 3 amide bonds. The summed E-state index contributed by atoms with van der Waals surface area (Å²) in [6, 6.07) is 5.70. The first kappa shape index (κ1) is 21.5. The topological polar surface area (TPSA) is 155 Å². The zero-order chi connectivity index (χ0) is 22.8. The van der Waals surface area contributed by atoms with E-state index in [1.54, 1.807) is 24.3 Å². The third-order valence-electron chi connectivity index (χ3n) is 5.19. The number of urea groups is 1. The molecule has 1 aromatic carbocycles. The third-order valence-corrected chi connectivity index (χ3v) is 5.19. The van der Waals surface area contributed by atoms with Crippen molar-refractivity contribution in [3.8, 4) is 5.88 Å². The summed E-state index contributed by atoms with van der Waals surface area (Å²) in [6.07, 6.45) is -0.239. The Bertz CT molecular complexity index is 1110. The van der Waals surface area contributed by atoms with E-state index >= 15 is 0 Å². The summed E-state index contributed by atoms with van der Waals surface area (Å²) in [5.41, 5.74) is 0.888. The minimum Gasteiger partial charge on any atom is -0.493 e. The number of H-pyrrole nitrogens is 1. The number of ether oxygens (including phenoxy) is 1. The normalized spacial score (nSPS) is 21.8. The summed E-state index contributed by atoms with van der Waals surface area (Å²) >= 11 is 0. The lowest BCUT2D eigenvalue weighted by atomic mass is 10.1. The Labute approximate surface area is 182 Å². The second kappa shape index (κ2) is 8.77. The van der Waals surface area contributed by atoms with Crippen LogP contribution in [0.15, 0.2) is 52.1 Å². The molecule has 0 aliphatic carbocycles. The van der Waals surface area contributed by atoms with Crippen molar-refractivity contribution in [3.63, 3.8) is 0 Å². The lowest BCUT2D eigenvalue weighted by molar-refractivity contribution is -0.127. The van der Waals surface area contributed by atoms with Gasteiger partial charge in [-0.1, -0.05) is 24.3 Å². The van der Waals surface area contributed by atoms with E-state index in [1.165, 1.54) is 16.8 Å². The molecule has 168 valence electrons. The molecule has 3 heterocycles. The highest BCUT2D eigenvalue weighted by Crippen LogP contribution is 2.35. The van der Waals surface area contributed by atoms with Gasteiger partial charge in [0.15, 0.2) is 17.9 Å². The number of guanidine groups is 1. The maximum absolute atomic E-state index is 12.6. The zero-order valence-electron chi connectivity index (χ0n) is 17.3. The molecule has 32 heavy (non-hydrogen) atoms. The van der Waals surface area contributed by atoms with Gasteiger partial charge in [-0.25, -0.2) is 9.79 Å². The van der Waals surface area contributed by atoms with E-state index in [2.05, 4.69) is 32.1 Å². The van der Waals surface area contributed by atoms with Crippen LogP contribution in [0.3, 0.4) is 0 Å². The quantitative estimate of drug-likeness (QED) is 0.286. The lowest BCUT2D eigenvalue weighted by Crippen LogP contribution is -2.64. The molecule has 2 aliphatic rings. The number of aliphatic imine (C=N–C) groups is 1. The largest absolute Gasteiger partial charge is 0.493 e. The van der Waals surface area contributed by atoms with Crippen molar-refractivity contribution in [3.05, 3.63) is 36.9 Å². The molecule has 4 rings (SSSR count). The number of imide groups is 1. The van der Waals surface area contributed by atoms with Gasteiger partial charge in [0.25, 0.3) is 5.91 Å². The van der Waals surface area contributed by atoms with Crippen LogP contribution >= 0.6 is 0 Å². The monoisotopic (exact) mass is 441 g/mol. The van der Waals surface area contributed by atoms with Crippen molar-refractivity contribution in [2.24, 2.45) is 15.2 Å². The van der Waals surface area contributed by atoms with Crippen LogP contribution in [-0.4, -0.2) is 88.0 Å². The van der Waals surface area contributed by atoms with Gasteiger partial charge in [-0.05, 0) is 6.07 Å². The molecular weight excluding hydrogens is 418 g/mol. The molecule has 12 nitrogen and oxygen atoms in total. The number of nitrogens with one attached hydrogen (secondary N) is 2. The molecule has 2 aliphatic heterocycles. The Hall–Kier alpha value is -3.77. The molecule has 0 bridgehead atoms. The van der Waals surface area contributed by atoms with Crippen LogP contribution < -0.4 is 5.32 Å². The molecule has 1 aromatic heterocycles. The second-order valence-corrected chi connectivity index (χ2v) is 7.39. The minimum atomic E-state index is -0.966. The average molecular weight is 441 g/mol. The highest BCUT2D eigenvalue weighted by Gasteiger charge is 2.49. The first-order chi connectivity index (χ1) is 15.4. The smallest absolute Gasteiger partial charge is 0.325 e. The third kappa shape index (κ3) is 3.92. The van der Waals surface area contributed by atoms with Crippen molar-refractivity contribution in [2.45, 2.75) is 18.3 Å². The predicted molar refractivity (Wildman–Crippen MR) is 115 cm³/mol. The number of para-hydroxylation sites is 1. The number of aromatic nitrogens is 1. The Morgan fingerprint density at radius 3 is 2.91 bits per heavy atom. The minimum absolute atomic E-state index is 0.00392. The van der Waals surface area contributed by atoms with Crippen molar-refractivity contribution in [2.75, 3.05) is 26.8 Å². The van der Waals surface area contributed by atoms with Crippen LogP contribution in [0.5, 0.6) is 5.88 Å². The highest BCUT2D eigenvalue weighted by molar-refractivity contribution is 6.04. The first-order valence-corrected chi connectivity index (χ1v) is 9.91. The molecule has 12 heteroatoms. The zero-order valence-corrected chi connectivity index (χ0v) is 17.3. The van der Waals surface area contributed by atoms with Crippen LogP contribution in [0.4, 0.5) is 10.5 Å². The fourth-order valence-corrected chi connectivity index (χ4v) is 3.67. The summed E-state index contributed by atoms with van der Waals surface area (Å²) in [7, 11) is 1.51. The Morgan fingerprint density at radius 1 is 1.34 bits per heavy atom. The van der Waals surface area contributed by atoms with Crippen LogP contribution in [0.2, 0.25) is 0 Å². The van der Waals surface area contributed by atoms with Crippen molar-refractivity contribution >= 4 is 34.5 Å².